The average Bonchev–Trinajstić information content (AvgIpc) is 3.53. The molecule has 0 radical (unpaired) electrons. The van der Waals surface area contributed by atoms with Crippen LogP contribution in [0.1, 0.15) is 30.3 Å². The van der Waals surface area contributed by atoms with E-state index in [-0.39, 0.29) is 29.9 Å². The lowest BCUT2D eigenvalue weighted by Crippen LogP contribution is -2.49. The number of nitrogens with one attached hydrogen (secondary N) is 2. The summed E-state index contributed by atoms with van der Waals surface area (Å²) in [6.45, 7) is 6.29. The minimum atomic E-state index is -0.922. The van der Waals surface area contributed by atoms with Crippen LogP contribution in [0.25, 0.3) is 0 Å². The van der Waals surface area contributed by atoms with Crippen LogP contribution in [0.4, 0.5) is 10.1 Å². The fourth-order valence-electron chi connectivity index (χ4n) is 4.50. The summed E-state index contributed by atoms with van der Waals surface area (Å²) in [7, 11) is 0. The van der Waals surface area contributed by atoms with E-state index in [0.29, 0.717) is 12.1 Å². The summed E-state index contributed by atoms with van der Waals surface area (Å²) in [4.78, 5) is 37.8. The van der Waals surface area contributed by atoms with E-state index in [9.17, 15) is 14.0 Å². The molecule has 1 aliphatic carbocycles. The lowest BCUT2D eigenvalue weighted by Gasteiger charge is -2.37. The zero-order valence-corrected chi connectivity index (χ0v) is 18.7. The molecule has 3 aliphatic heterocycles. The molecule has 0 spiro atoms. The van der Waals surface area contributed by atoms with Crippen molar-refractivity contribution in [1.82, 2.24) is 20.5 Å². The molecule has 4 heterocycles. The van der Waals surface area contributed by atoms with Gasteiger partial charge < -0.3 is 15.5 Å². The lowest BCUT2D eigenvalue weighted by atomic mass is 9.94. The number of hydrogen-bond donors (Lipinski definition) is 2. The first-order valence-electron chi connectivity index (χ1n) is 11.6. The number of halogens is 1. The number of pyridine rings is 1. The van der Waals surface area contributed by atoms with Crippen molar-refractivity contribution < 1.29 is 14.0 Å². The summed E-state index contributed by atoms with van der Waals surface area (Å²) < 4.78 is 13.0. The molecule has 9 heteroatoms. The average molecular weight is 453 g/mol. The first kappa shape index (κ1) is 21.8. The van der Waals surface area contributed by atoms with Crippen molar-refractivity contribution in [2.45, 2.75) is 44.1 Å². The number of aliphatic imine (C=N–C) groups is 1. The van der Waals surface area contributed by atoms with Gasteiger partial charge in [0.1, 0.15) is 11.9 Å². The summed E-state index contributed by atoms with van der Waals surface area (Å²) in [6.07, 6.45) is 7.96. The minimum Gasteiger partial charge on any atom is -0.368 e. The van der Waals surface area contributed by atoms with Crippen molar-refractivity contribution >= 4 is 23.7 Å². The second kappa shape index (κ2) is 9.05. The third-order valence-electron chi connectivity index (χ3n) is 6.67. The molecule has 33 heavy (non-hydrogen) atoms. The monoisotopic (exact) mass is 452 g/mol. The van der Waals surface area contributed by atoms with Crippen LogP contribution in [0.15, 0.2) is 46.6 Å². The Hall–Kier alpha value is -3.07. The molecular formula is C24H29FN6O2. The number of rotatable bonds is 6. The van der Waals surface area contributed by atoms with Gasteiger partial charge in [-0.25, -0.2) is 9.37 Å². The number of nitrogens with zero attached hydrogens (tertiary/aromatic N) is 4. The van der Waals surface area contributed by atoms with Gasteiger partial charge in [0.25, 0.3) is 5.91 Å². The molecule has 4 atom stereocenters. The molecule has 4 aliphatic rings. The van der Waals surface area contributed by atoms with E-state index in [0.717, 1.165) is 56.0 Å². The lowest BCUT2D eigenvalue weighted by molar-refractivity contribution is -0.118. The van der Waals surface area contributed by atoms with E-state index < -0.39 is 6.17 Å². The zero-order chi connectivity index (χ0) is 22.9. The van der Waals surface area contributed by atoms with Gasteiger partial charge >= 0.3 is 0 Å². The Kier molecular flexibility index (Phi) is 5.97. The number of carbonyl (C=O) groups excluding carboxylic acids is 2. The first-order chi connectivity index (χ1) is 16.0. The summed E-state index contributed by atoms with van der Waals surface area (Å²) in [6, 6.07) is 3.17. The van der Waals surface area contributed by atoms with E-state index in [2.05, 4.69) is 36.5 Å². The standard InChI is InChI=1S/C24H29FN6O2/c1-2-16-10-21-22(29-23(16)32)9-15(12-26-21)14-30-5-7-31(8-6-30)17-3-4-19(27-13-17)24(33)28-20-11-18(20)25/h3-4,9-10,12-13,18,20-22H,2,5-8,11,14H2,1H3,(H,28,33)(H,29,32)/t18-,20-,21?,22?/m1/s1. The van der Waals surface area contributed by atoms with Crippen LogP contribution >= 0.6 is 0 Å². The fraction of sp³-hybridized carbons (Fsp3) is 0.500. The summed E-state index contributed by atoms with van der Waals surface area (Å²) >= 11 is 0. The number of anilines is 1. The highest BCUT2D eigenvalue weighted by Gasteiger charge is 2.39. The summed E-state index contributed by atoms with van der Waals surface area (Å²) in [5.74, 6) is -0.312. The maximum Gasteiger partial charge on any atom is 0.270 e. The van der Waals surface area contributed by atoms with Crippen LogP contribution < -0.4 is 15.5 Å². The Morgan fingerprint density at radius 1 is 1.24 bits per heavy atom. The SMILES string of the molecule is CCC1=CC2N=CC(CN3CCN(c4ccc(C(=O)N[C@@H]5C[C@H]5F)nc4)CC3)=CC2NC1=O. The molecule has 0 bridgehead atoms. The number of aromatic nitrogens is 1. The normalized spacial score (nSPS) is 29.0. The number of piperazine rings is 1. The van der Waals surface area contributed by atoms with E-state index >= 15 is 0 Å². The number of carbonyl (C=O) groups is 2. The number of hydrogen-bond acceptors (Lipinski definition) is 6. The number of alkyl halides is 1. The van der Waals surface area contributed by atoms with E-state index in [1.807, 2.05) is 25.3 Å². The van der Waals surface area contributed by atoms with Crippen molar-refractivity contribution in [2.75, 3.05) is 37.6 Å². The Morgan fingerprint density at radius 2 is 2.03 bits per heavy atom. The smallest absolute Gasteiger partial charge is 0.270 e. The molecular weight excluding hydrogens is 423 g/mol. The van der Waals surface area contributed by atoms with Gasteiger partial charge in [-0.15, -0.1) is 0 Å². The van der Waals surface area contributed by atoms with Gasteiger partial charge in [-0.1, -0.05) is 13.0 Å². The van der Waals surface area contributed by atoms with Crippen LogP contribution in [0, 0.1) is 0 Å². The third-order valence-corrected chi connectivity index (χ3v) is 6.67. The minimum absolute atomic E-state index is 0.00141. The van der Waals surface area contributed by atoms with E-state index in [1.54, 1.807) is 12.3 Å². The van der Waals surface area contributed by atoms with Crippen LogP contribution in [0.3, 0.4) is 0 Å². The highest BCUT2D eigenvalue weighted by molar-refractivity contribution is 5.95. The molecule has 1 saturated carbocycles. The maximum atomic E-state index is 13.0. The molecule has 174 valence electrons. The number of fused-ring (bicyclic) bond motifs is 1. The Balaban J connectivity index is 1.12. The molecule has 5 rings (SSSR count). The molecule has 2 fully saturated rings. The fourth-order valence-corrected chi connectivity index (χ4v) is 4.50. The third kappa shape index (κ3) is 4.83. The van der Waals surface area contributed by atoms with Crippen molar-refractivity contribution in [3.63, 3.8) is 0 Å². The van der Waals surface area contributed by atoms with Gasteiger partial charge in [0.15, 0.2) is 0 Å². The number of amides is 2. The van der Waals surface area contributed by atoms with Crippen LogP contribution in [0.2, 0.25) is 0 Å². The van der Waals surface area contributed by atoms with Crippen molar-refractivity contribution in [3.8, 4) is 0 Å². The quantitative estimate of drug-likeness (QED) is 0.678. The Labute approximate surface area is 192 Å². The Morgan fingerprint density at radius 3 is 2.70 bits per heavy atom. The molecule has 2 unspecified atom stereocenters. The van der Waals surface area contributed by atoms with Gasteiger partial charge in [-0.2, -0.15) is 0 Å². The predicted molar refractivity (Wildman–Crippen MR) is 124 cm³/mol. The summed E-state index contributed by atoms with van der Waals surface area (Å²) in [5, 5.41) is 5.71. The maximum absolute atomic E-state index is 13.0. The highest BCUT2D eigenvalue weighted by Crippen LogP contribution is 2.25. The topological polar surface area (TPSA) is 89.9 Å². The van der Waals surface area contributed by atoms with Crippen LogP contribution in [0.5, 0.6) is 0 Å². The molecule has 0 aromatic carbocycles. The largest absolute Gasteiger partial charge is 0.368 e. The predicted octanol–water partition coefficient (Wildman–Crippen LogP) is 1.26. The zero-order valence-electron chi connectivity index (χ0n) is 18.7. The second-order valence-electron chi connectivity index (χ2n) is 9.05. The van der Waals surface area contributed by atoms with Crippen LogP contribution in [-0.4, -0.2) is 84.9 Å². The van der Waals surface area contributed by atoms with Crippen molar-refractivity contribution in [2.24, 2.45) is 4.99 Å². The molecule has 8 nitrogen and oxygen atoms in total. The second-order valence-corrected chi connectivity index (χ2v) is 9.05. The van der Waals surface area contributed by atoms with E-state index in [1.165, 1.54) is 0 Å². The van der Waals surface area contributed by atoms with Crippen molar-refractivity contribution in [1.29, 1.82) is 0 Å². The highest BCUT2D eigenvalue weighted by atomic mass is 19.1. The van der Waals surface area contributed by atoms with Gasteiger partial charge in [0.05, 0.1) is 30.0 Å². The van der Waals surface area contributed by atoms with Gasteiger partial charge in [-0.3, -0.25) is 19.5 Å². The van der Waals surface area contributed by atoms with Crippen molar-refractivity contribution in [3.05, 3.63) is 47.3 Å². The van der Waals surface area contributed by atoms with Gasteiger partial charge in [0, 0.05) is 50.9 Å². The first-order valence-corrected chi connectivity index (χ1v) is 11.6. The van der Waals surface area contributed by atoms with Crippen LogP contribution in [-0.2, 0) is 4.79 Å². The number of dihydropyridines is 1. The summed E-state index contributed by atoms with van der Waals surface area (Å²) in [5.41, 5.74) is 3.22. The molecule has 1 aromatic rings. The van der Waals surface area contributed by atoms with Gasteiger partial charge in [0.2, 0.25) is 5.91 Å². The Bertz CT molecular complexity index is 1010. The van der Waals surface area contributed by atoms with Gasteiger partial charge in [-0.05, 0) is 30.2 Å². The molecule has 2 amide bonds. The van der Waals surface area contributed by atoms with E-state index in [4.69, 9.17) is 0 Å². The molecule has 1 saturated heterocycles. The molecule has 2 N–H and O–H groups in total. The molecule has 1 aromatic heterocycles.